The van der Waals surface area contributed by atoms with E-state index in [2.05, 4.69) is 15.3 Å². The van der Waals surface area contributed by atoms with E-state index in [0.29, 0.717) is 12.2 Å². The van der Waals surface area contributed by atoms with Crippen LogP contribution in [0.15, 0.2) is 60.9 Å². The molecule has 1 aromatic heterocycles. The van der Waals surface area contributed by atoms with Gasteiger partial charge in [-0.3, -0.25) is 10.1 Å². The van der Waals surface area contributed by atoms with Crippen molar-refractivity contribution in [3.8, 4) is 0 Å². The lowest BCUT2D eigenvalue weighted by Crippen LogP contribution is -2.20. The average Bonchev–Trinajstić information content (AvgIpc) is 2.64. The number of nitrogens with zero attached hydrogens (tertiary/aromatic N) is 4. The molecule has 0 aliphatic heterocycles. The Morgan fingerprint density at radius 3 is 2.46 bits per heavy atom. The van der Waals surface area contributed by atoms with Crippen molar-refractivity contribution in [2.45, 2.75) is 6.54 Å². The first-order chi connectivity index (χ1) is 12.5. The molecule has 0 fully saturated rings. The zero-order chi connectivity index (χ0) is 18.5. The van der Waals surface area contributed by atoms with Gasteiger partial charge in [0.25, 0.3) is 0 Å². The third-order valence-corrected chi connectivity index (χ3v) is 3.72. The first kappa shape index (κ1) is 17.3. The number of anilines is 3. The Morgan fingerprint density at radius 2 is 1.81 bits per heavy atom. The Morgan fingerprint density at radius 1 is 1.12 bits per heavy atom. The summed E-state index contributed by atoms with van der Waals surface area (Å²) in [4.78, 5) is 20.9. The minimum absolute atomic E-state index is 0.0477. The SMILES string of the molecule is CN(Cc1ccccc1)c1ncnc(Nc2ccc(F)cc2)c1[N+](=O)[O-]. The molecule has 0 saturated carbocycles. The summed E-state index contributed by atoms with van der Waals surface area (Å²) in [5.41, 5.74) is 1.25. The van der Waals surface area contributed by atoms with Gasteiger partial charge in [0, 0.05) is 19.3 Å². The molecule has 0 saturated heterocycles. The summed E-state index contributed by atoms with van der Waals surface area (Å²) >= 11 is 0. The highest BCUT2D eigenvalue weighted by atomic mass is 19.1. The van der Waals surface area contributed by atoms with Gasteiger partial charge >= 0.3 is 5.69 Å². The molecule has 8 heteroatoms. The van der Waals surface area contributed by atoms with Crippen LogP contribution in [0.4, 0.5) is 27.4 Å². The summed E-state index contributed by atoms with van der Waals surface area (Å²) in [5.74, 6) is -0.152. The van der Waals surface area contributed by atoms with Gasteiger partial charge in [-0.15, -0.1) is 0 Å². The van der Waals surface area contributed by atoms with Crippen LogP contribution < -0.4 is 10.2 Å². The molecule has 26 heavy (non-hydrogen) atoms. The van der Waals surface area contributed by atoms with Gasteiger partial charge in [0.1, 0.15) is 12.1 Å². The van der Waals surface area contributed by atoms with E-state index in [0.717, 1.165) is 5.56 Å². The highest BCUT2D eigenvalue weighted by Crippen LogP contribution is 2.33. The summed E-state index contributed by atoms with van der Waals surface area (Å²) in [6.45, 7) is 0.453. The number of aromatic nitrogens is 2. The predicted octanol–water partition coefficient (Wildman–Crippen LogP) is 3.90. The lowest BCUT2D eigenvalue weighted by Gasteiger charge is -2.19. The van der Waals surface area contributed by atoms with Crippen LogP contribution in [-0.4, -0.2) is 21.9 Å². The Balaban J connectivity index is 1.93. The normalized spacial score (nSPS) is 10.4. The first-order valence-electron chi connectivity index (χ1n) is 7.81. The van der Waals surface area contributed by atoms with Gasteiger partial charge in [-0.25, -0.2) is 14.4 Å². The standard InChI is InChI=1S/C18H16FN5O2/c1-23(11-13-5-3-2-4-6-13)18-16(24(25)26)17(20-12-21-18)22-15-9-7-14(19)8-10-15/h2-10,12H,11H2,1H3,(H,20,21,22). The fraction of sp³-hybridized carbons (Fsp3) is 0.111. The number of benzene rings is 2. The zero-order valence-electron chi connectivity index (χ0n) is 14.0. The van der Waals surface area contributed by atoms with Crippen molar-refractivity contribution in [1.29, 1.82) is 0 Å². The highest BCUT2D eigenvalue weighted by Gasteiger charge is 2.25. The fourth-order valence-electron chi connectivity index (χ4n) is 2.51. The second-order valence-corrected chi connectivity index (χ2v) is 5.63. The molecule has 0 spiro atoms. The van der Waals surface area contributed by atoms with Crippen LogP contribution >= 0.6 is 0 Å². The molecule has 132 valence electrons. The summed E-state index contributed by atoms with van der Waals surface area (Å²) in [7, 11) is 1.73. The van der Waals surface area contributed by atoms with Crippen molar-refractivity contribution >= 4 is 23.0 Å². The van der Waals surface area contributed by atoms with Gasteiger partial charge in [-0.2, -0.15) is 0 Å². The lowest BCUT2D eigenvalue weighted by molar-refractivity contribution is -0.383. The Bertz CT molecular complexity index is 903. The van der Waals surface area contributed by atoms with E-state index >= 15 is 0 Å². The van der Waals surface area contributed by atoms with Gasteiger partial charge in [-0.1, -0.05) is 30.3 Å². The lowest BCUT2D eigenvalue weighted by atomic mass is 10.2. The van der Waals surface area contributed by atoms with Crippen LogP contribution in [0.25, 0.3) is 0 Å². The van der Waals surface area contributed by atoms with Crippen LogP contribution in [0.1, 0.15) is 5.56 Å². The predicted molar refractivity (Wildman–Crippen MR) is 96.9 cm³/mol. The van der Waals surface area contributed by atoms with Crippen molar-refractivity contribution in [3.63, 3.8) is 0 Å². The highest BCUT2D eigenvalue weighted by molar-refractivity contribution is 5.74. The maximum absolute atomic E-state index is 13.0. The van der Waals surface area contributed by atoms with E-state index in [9.17, 15) is 14.5 Å². The van der Waals surface area contributed by atoms with E-state index < -0.39 is 10.7 Å². The largest absolute Gasteiger partial charge is 0.353 e. The molecule has 3 rings (SSSR count). The molecule has 0 atom stereocenters. The molecule has 7 nitrogen and oxygen atoms in total. The zero-order valence-corrected chi connectivity index (χ0v) is 14.0. The molecule has 0 unspecified atom stereocenters. The monoisotopic (exact) mass is 353 g/mol. The second kappa shape index (κ2) is 7.56. The third-order valence-electron chi connectivity index (χ3n) is 3.72. The van der Waals surface area contributed by atoms with Crippen LogP contribution in [0.2, 0.25) is 0 Å². The summed E-state index contributed by atoms with van der Waals surface area (Å²) < 4.78 is 13.0. The molecular formula is C18H16FN5O2. The van der Waals surface area contributed by atoms with Gasteiger partial charge in [0.05, 0.1) is 4.92 Å². The summed E-state index contributed by atoms with van der Waals surface area (Å²) in [6.07, 6.45) is 1.26. The van der Waals surface area contributed by atoms with Gasteiger partial charge in [-0.05, 0) is 29.8 Å². The van der Waals surface area contributed by atoms with E-state index in [1.54, 1.807) is 11.9 Å². The van der Waals surface area contributed by atoms with Crippen LogP contribution in [0.3, 0.4) is 0 Å². The fourth-order valence-corrected chi connectivity index (χ4v) is 2.51. The molecule has 0 aliphatic carbocycles. The second-order valence-electron chi connectivity index (χ2n) is 5.63. The molecule has 0 aliphatic rings. The van der Waals surface area contributed by atoms with E-state index in [4.69, 9.17) is 0 Å². The summed E-state index contributed by atoms with van der Waals surface area (Å²) in [5, 5.41) is 14.5. The molecule has 0 bridgehead atoms. The molecular weight excluding hydrogens is 337 g/mol. The Hall–Kier alpha value is -3.55. The van der Waals surface area contributed by atoms with E-state index in [1.165, 1.54) is 30.6 Å². The van der Waals surface area contributed by atoms with Crippen LogP contribution in [-0.2, 0) is 6.54 Å². The van der Waals surface area contributed by atoms with Crippen molar-refractivity contribution in [3.05, 3.63) is 82.4 Å². The van der Waals surface area contributed by atoms with E-state index in [-0.39, 0.29) is 17.3 Å². The molecule has 1 N–H and O–H groups in total. The quantitative estimate of drug-likeness (QED) is 0.534. The van der Waals surface area contributed by atoms with Crippen molar-refractivity contribution in [2.75, 3.05) is 17.3 Å². The number of nitro groups is 1. The molecule has 0 amide bonds. The Kier molecular flexibility index (Phi) is 5.02. The minimum atomic E-state index is -0.525. The number of hydrogen-bond acceptors (Lipinski definition) is 6. The smallest absolute Gasteiger partial charge is 0.349 e. The number of nitrogens with one attached hydrogen (secondary N) is 1. The number of rotatable bonds is 6. The average molecular weight is 353 g/mol. The van der Waals surface area contributed by atoms with Gasteiger partial charge < -0.3 is 10.2 Å². The van der Waals surface area contributed by atoms with Gasteiger partial charge in [0.2, 0.25) is 11.6 Å². The first-order valence-corrected chi connectivity index (χ1v) is 7.81. The van der Waals surface area contributed by atoms with E-state index in [1.807, 2.05) is 30.3 Å². The summed E-state index contributed by atoms with van der Waals surface area (Å²) in [6, 6.07) is 15.1. The maximum Gasteiger partial charge on any atom is 0.353 e. The molecule has 2 aromatic carbocycles. The minimum Gasteiger partial charge on any atom is -0.349 e. The van der Waals surface area contributed by atoms with Crippen LogP contribution in [0.5, 0.6) is 0 Å². The topological polar surface area (TPSA) is 84.2 Å². The van der Waals surface area contributed by atoms with Gasteiger partial charge in [0.15, 0.2) is 0 Å². The Labute approximate surface area is 149 Å². The molecule has 0 radical (unpaired) electrons. The van der Waals surface area contributed by atoms with Crippen molar-refractivity contribution in [2.24, 2.45) is 0 Å². The van der Waals surface area contributed by atoms with Crippen LogP contribution in [0, 0.1) is 15.9 Å². The molecule has 1 heterocycles. The third kappa shape index (κ3) is 3.92. The number of halogens is 1. The maximum atomic E-state index is 13.0. The molecule has 3 aromatic rings. The van der Waals surface area contributed by atoms with Crippen molar-refractivity contribution < 1.29 is 9.31 Å². The number of hydrogen-bond donors (Lipinski definition) is 1. The van der Waals surface area contributed by atoms with Crippen molar-refractivity contribution in [1.82, 2.24) is 9.97 Å².